The summed E-state index contributed by atoms with van der Waals surface area (Å²) in [5, 5.41) is 2.22. The first kappa shape index (κ1) is 29.6. The van der Waals surface area contributed by atoms with Gasteiger partial charge >= 0.3 is 0 Å². The van der Waals surface area contributed by atoms with Gasteiger partial charge in [0, 0.05) is 55.4 Å². The Morgan fingerprint density at radius 2 is 1.55 bits per heavy atom. The number of nitrogens with zero attached hydrogens (tertiary/aromatic N) is 4. The maximum atomic E-state index is 8.28. The van der Waals surface area contributed by atoms with Crippen LogP contribution < -0.4 is 5.19 Å². The zero-order valence-electron chi connectivity index (χ0n) is 41.3. The molecule has 4 aromatic carbocycles. The van der Waals surface area contributed by atoms with E-state index in [4.69, 9.17) is 26.7 Å². The third-order valence-electron chi connectivity index (χ3n) is 9.70. The molecule has 8 aromatic rings. The van der Waals surface area contributed by atoms with Crippen LogP contribution in [0.4, 0.5) is 0 Å². The zero-order valence-corrected chi connectivity index (χ0v) is 35.7. The molecule has 8 rings (SSSR count). The van der Waals surface area contributed by atoms with E-state index in [0.29, 0.717) is 38.9 Å². The standard InChI is InChI=1S/C33H32N3O.C15H18NSi.Ir/c1-18(2)23-9-8-10-24(19(3)4)30(23)36-32(35-27-16-13-22(7)34-33(27)36)26-15-12-21(6)29-25-14-11-20(5)17-28(25)37-31(26)29;1-12-5-7-13(8-6-12)15-10-9-14(11-16-15)17(2,3)4;/h8-14,16-19H,1-7H3;5-7,9-11H,1-4H3;/q2*-1;/i5D3,6D3;1D3;. The van der Waals surface area contributed by atoms with Gasteiger partial charge in [-0.15, -0.1) is 53.1 Å². The van der Waals surface area contributed by atoms with Gasteiger partial charge in [0.1, 0.15) is 5.58 Å². The predicted molar refractivity (Wildman–Crippen MR) is 229 cm³/mol. The minimum absolute atomic E-state index is 0. The second-order valence-corrected chi connectivity index (χ2v) is 20.5. The van der Waals surface area contributed by atoms with Crippen molar-refractivity contribution >= 4 is 46.4 Å². The van der Waals surface area contributed by atoms with Crippen LogP contribution in [-0.4, -0.2) is 27.6 Å². The van der Waals surface area contributed by atoms with Crippen molar-refractivity contribution in [1.29, 1.82) is 0 Å². The molecule has 0 spiro atoms. The molecule has 0 atom stereocenters. The molecule has 4 aromatic heterocycles. The van der Waals surface area contributed by atoms with Gasteiger partial charge < -0.3 is 14.0 Å². The Labute approximate surface area is 353 Å². The fraction of sp³-hybridized carbons (Fsp3) is 0.271. The van der Waals surface area contributed by atoms with Crippen molar-refractivity contribution in [1.82, 2.24) is 19.5 Å². The predicted octanol–water partition coefficient (Wildman–Crippen LogP) is 12.4. The van der Waals surface area contributed by atoms with Crippen molar-refractivity contribution in [3.8, 4) is 28.3 Å². The van der Waals surface area contributed by atoms with Crippen LogP contribution in [0.1, 0.15) is 85.4 Å². The van der Waals surface area contributed by atoms with Gasteiger partial charge in [0.05, 0.1) is 25.0 Å². The molecule has 0 bridgehead atoms. The normalized spacial score (nSPS) is 14.8. The summed E-state index contributed by atoms with van der Waals surface area (Å²) in [4.78, 5) is 14.4. The molecule has 55 heavy (non-hydrogen) atoms. The number of hydrogen-bond donors (Lipinski definition) is 0. The van der Waals surface area contributed by atoms with Crippen LogP contribution in [0.5, 0.6) is 0 Å². The zero-order chi connectivity index (χ0) is 46.0. The van der Waals surface area contributed by atoms with Gasteiger partial charge in [0.2, 0.25) is 0 Å². The first-order chi connectivity index (χ1) is 29.3. The fourth-order valence-electron chi connectivity index (χ4n) is 6.77. The monoisotopic (exact) mass is 928 g/mol. The summed E-state index contributed by atoms with van der Waals surface area (Å²) < 4.78 is 79.0. The molecule has 0 unspecified atom stereocenters. The summed E-state index contributed by atoms with van der Waals surface area (Å²) in [6.07, 6.45) is 1.92. The second-order valence-electron chi connectivity index (χ2n) is 15.4. The number of pyridine rings is 2. The van der Waals surface area contributed by atoms with E-state index in [2.05, 4.69) is 88.7 Å². The first-order valence-corrected chi connectivity index (χ1v) is 21.7. The molecule has 4 heterocycles. The van der Waals surface area contributed by atoms with Crippen molar-refractivity contribution < 1.29 is 36.9 Å². The molecule has 5 nitrogen and oxygen atoms in total. The Kier molecular flexibility index (Phi) is 8.51. The van der Waals surface area contributed by atoms with E-state index in [0.717, 1.165) is 33.8 Å². The van der Waals surface area contributed by atoms with E-state index in [9.17, 15) is 0 Å². The summed E-state index contributed by atoms with van der Waals surface area (Å²) in [7, 11) is -1.34. The number of rotatable bonds is 6. The van der Waals surface area contributed by atoms with Crippen LogP contribution >= 0.6 is 0 Å². The Morgan fingerprint density at radius 3 is 2.16 bits per heavy atom. The van der Waals surface area contributed by atoms with E-state index in [-0.39, 0.29) is 54.2 Å². The van der Waals surface area contributed by atoms with Crippen molar-refractivity contribution in [2.45, 2.75) is 86.7 Å². The topological polar surface area (TPSA) is 56.7 Å². The maximum Gasteiger partial charge on any atom is 0.155 e. The molecule has 0 aliphatic carbocycles. The number of benzene rings is 4. The van der Waals surface area contributed by atoms with E-state index >= 15 is 0 Å². The molecule has 0 fully saturated rings. The number of para-hydroxylation sites is 1. The molecule has 0 saturated heterocycles. The Bertz CT molecular complexity index is 2880. The van der Waals surface area contributed by atoms with Crippen LogP contribution in [0.3, 0.4) is 0 Å². The molecule has 0 aliphatic rings. The summed E-state index contributed by atoms with van der Waals surface area (Å²) >= 11 is 0. The Morgan fingerprint density at radius 1 is 0.800 bits per heavy atom. The third kappa shape index (κ3) is 7.89. The van der Waals surface area contributed by atoms with E-state index in [1.54, 1.807) is 18.2 Å². The molecular weight excluding hydrogens is 869 g/mol. The largest absolute Gasteiger partial charge is 0.501 e. The number of imidazole rings is 1. The molecule has 7 heteroatoms. The van der Waals surface area contributed by atoms with Gasteiger partial charge in [-0.2, -0.15) is 0 Å². The van der Waals surface area contributed by atoms with Crippen molar-refractivity contribution in [2.75, 3.05) is 0 Å². The summed E-state index contributed by atoms with van der Waals surface area (Å²) in [5.41, 5.74) is 8.59. The average molecular weight is 928 g/mol. The molecule has 0 N–H and O–H groups in total. The SMILES string of the molecule is [2H]C([2H])([2H])c1c[c-]c(-c2ccc([Si](C)(C)C)cn2)cc1.[2H]C([2H])([2H])c1ccc2c(c1)oc1c(-c3nc4ccc(C)nc4n3-c3c(C(C)C)cccc3C(C)C)[c-]cc(C([2H])([2H])[2H])c12.[Ir]. The Balaban J connectivity index is 0.000000272. The second kappa shape index (κ2) is 15.8. The average Bonchev–Trinajstić information content (AvgIpc) is 3.77. The van der Waals surface area contributed by atoms with Crippen LogP contribution in [0, 0.1) is 39.6 Å². The van der Waals surface area contributed by atoms with Gasteiger partial charge in [-0.05, 0) is 71.4 Å². The molecule has 0 saturated carbocycles. The van der Waals surface area contributed by atoms with Gasteiger partial charge in [-0.1, -0.05) is 114 Å². The molecular formula is C48H50IrN4OSi-2. The number of fused-ring (bicyclic) bond motifs is 4. The maximum absolute atomic E-state index is 8.28. The summed E-state index contributed by atoms with van der Waals surface area (Å²) in [6.45, 7) is 10.5. The van der Waals surface area contributed by atoms with Crippen LogP contribution in [0.15, 0.2) is 95.5 Å². The van der Waals surface area contributed by atoms with Crippen molar-refractivity contribution in [2.24, 2.45) is 0 Å². The Hall–Kier alpha value is -4.68. The van der Waals surface area contributed by atoms with Gasteiger partial charge in [0.15, 0.2) is 5.65 Å². The number of hydrogen-bond acceptors (Lipinski definition) is 4. The molecule has 0 aliphatic heterocycles. The van der Waals surface area contributed by atoms with Crippen LogP contribution in [-0.2, 0) is 20.1 Å². The quantitative estimate of drug-likeness (QED) is 0.123. The molecule has 1 radical (unpaired) electrons. The van der Waals surface area contributed by atoms with E-state index < -0.39 is 28.6 Å². The van der Waals surface area contributed by atoms with Gasteiger partial charge in [0.25, 0.3) is 0 Å². The summed E-state index contributed by atoms with van der Waals surface area (Å²) in [5.74, 6) is 0.894. The van der Waals surface area contributed by atoms with E-state index in [1.807, 2.05) is 35.9 Å². The first-order valence-electron chi connectivity index (χ1n) is 22.7. The minimum atomic E-state index is -2.46. The minimum Gasteiger partial charge on any atom is -0.501 e. The fourth-order valence-corrected chi connectivity index (χ4v) is 7.81. The number of aryl methyl sites for hydroxylation is 4. The van der Waals surface area contributed by atoms with Gasteiger partial charge in [-0.3, -0.25) is 4.98 Å². The van der Waals surface area contributed by atoms with Crippen molar-refractivity contribution in [3.63, 3.8) is 0 Å². The number of furan rings is 1. The third-order valence-corrected chi connectivity index (χ3v) is 11.7. The summed E-state index contributed by atoms with van der Waals surface area (Å²) in [6, 6.07) is 31.4. The smallest absolute Gasteiger partial charge is 0.155 e. The van der Waals surface area contributed by atoms with Gasteiger partial charge in [-0.25, -0.2) is 4.98 Å². The number of aromatic nitrogens is 4. The van der Waals surface area contributed by atoms with Crippen LogP contribution in [0.25, 0.3) is 61.4 Å². The molecule has 0 amide bonds. The van der Waals surface area contributed by atoms with Crippen LogP contribution in [0.2, 0.25) is 19.6 Å². The van der Waals surface area contributed by atoms with E-state index in [1.165, 1.54) is 29.5 Å². The van der Waals surface area contributed by atoms with Crippen molar-refractivity contribution in [3.05, 3.63) is 137 Å². The molecule has 283 valence electrons.